The van der Waals surface area contributed by atoms with Crippen molar-refractivity contribution in [3.8, 4) is 11.3 Å². The molecule has 9 heteroatoms. The fourth-order valence-electron chi connectivity index (χ4n) is 3.59. The lowest BCUT2D eigenvalue weighted by atomic mass is 10.2. The highest BCUT2D eigenvalue weighted by atomic mass is 79.9. The Kier molecular flexibility index (Phi) is 5.21. The summed E-state index contributed by atoms with van der Waals surface area (Å²) in [5.41, 5.74) is 2.41. The van der Waals surface area contributed by atoms with E-state index in [0.29, 0.717) is 26.8 Å². The van der Waals surface area contributed by atoms with Crippen LogP contribution in [-0.2, 0) is 17.1 Å². The lowest BCUT2D eigenvalue weighted by Crippen LogP contribution is -2.23. The topological polar surface area (TPSA) is 78.9 Å². The van der Waals surface area contributed by atoms with Gasteiger partial charge in [-0.2, -0.15) is 5.10 Å². The van der Waals surface area contributed by atoms with Crippen molar-refractivity contribution in [2.45, 2.75) is 38.6 Å². The Hall–Kier alpha value is -2.65. The molecule has 0 bridgehead atoms. The van der Waals surface area contributed by atoms with Crippen LogP contribution < -0.4 is 5.56 Å². The summed E-state index contributed by atoms with van der Waals surface area (Å²) in [5, 5.41) is 5.07. The third-order valence-corrected chi connectivity index (χ3v) is 7.69. The van der Waals surface area contributed by atoms with Crippen molar-refractivity contribution in [3.63, 3.8) is 0 Å². The molecule has 0 aliphatic rings. The van der Waals surface area contributed by atoms with E-state index in [1.165, 1.54) is 4.57 Å². The van der Waals surface area contributed by atoms with Crippen LogP contribution >= 0.6 is 15.9 Å². The number of halogens is 1. The predicted octanol–water partition coefficient (Wildman–Crippen LogP) is 4.40. The molecule has 162 valence electrons. The number of pyridine rings is 1. The van der Waals surface area contributed by atoms with Crippen molar-refractivity contribution < 1.29 is 8.42 Å². The molecule has 4 rings (SSSR count). The van der Waals surface area contributed by atoms with Gasteiger partial charge >= 0.3 is 0 Å². The van der Waals surface area contributed by atoms with E-state index in [1.54, 1.807) is 48.3 Å². The first kappa shape index (κ1) is 21.6. The Balaban J connectivity index is 2.16. The van der Waals surface area contributed by atoms with Crippen LogP contribution in [0, 0.1) is 13.8 Å². The first-order valence-corrected chi connectivity index (χ1v) is 12.0. The van der Waals surface area contributed by atoms with Crippen LogP contribution in [0.15, 0.2) is 56.9 Å². The van der Waals surface area contributed by atoms with Crippen LogP contribution in [0.1, 0.15) is 31.1 Å². The number of hydrogen-bond donors (Lipinski definition) is 0. The van der Waals surface area contributed by atoms with Gasteiger partial charge in [-0.25, -0.2) is 12.4 Å². The molecule has 0 saturated carbocycles. The minimum absolute atomic E-state index is 0.101. The van der Waals surface area contributed by atoms with E-state index in [0.717, 1.165) is 9.54 Å². The molecule has 0 saturated heterocycles. The monoisotopic (exact) mass is 502 g/mol. The Bertz CT molecular complexity index is 1480. The quantitative estimate of drug-likeness (QED) is 0.414. The zero-order chi connectivity index (χ0) is 22.7. The van der Waals surface area contributed by atoms with Crippen LogP contribution in [0.4, 0.5) is 0 Å². The highest BCUT2D eigenvalue weighted by Gasteiger charge is 2.28. The molecule has 0 aliphatic heterocycles. The van der Waals surface area contributed by atoms with Crippen molar-refractivity contribution in [2.24, 2.45) is 7.05 Å². The fraction of sp³-hybridized carbons (Fsp3) is 0.273. The van der Waals surface area contributed by atoms with E-state index in [9.17, 15) is 13.2 Å². The molecular weight excluding hydrogens is 480 g/mol. The molecule has 1 aromatic carbocycles. The molecule has 0 fully saturated rings. The minimum Gasteiger partial charge on any atom is -0.316 e. The number of fused-ring (bicyclic) bond motifs is 1. The molecule has 4 aromatic rings. The van der Waals surface area contributed by atoms with E-state index in [1.807, 2.05) is 33.9 Å². The van der Waals surface area contributed by atoms with Crippen molar-refractivity contribution in [1.82, 2.24) is 18.3 Å². The van der Waals surface area contributed by atoms with Gasteiger partial charge in [0.15, 0.2) is 0 Å². The maximum absolute atomic E-state index is 13.8. The van der Waals surface area contributed by atoms with E-state index in [-0.39, 0.29) is 16.5 Å². The van der Waals surface area contributed by atoms with E-state index in [4.69, 9.17) is 0 Å². The summed E-state index contributed by atoms with van der Waals surface area (Å²) in [4.78, 5) is 13.2. The number of benzene rings is 1. The molecule has 0 spiro atoms. The van der Waals surface area contributed by atoms with Gasteiger partial charge in [0.25, 0.3) is 15.6 Å². The molecule has 0 N–H and O–H groups in total. The minimum atomic E-state index is -4.06. The van der Waals surface area contributed by atoms with Gasteiger partial charge in [-0.3, -0.25) is 9.48 Å². The molecule has 7 nitrogen and oxygen atoms in total. The van der Waals surface area contributed by atoms with Crippen molar-refractivity contribution in [3.05, 3.63) is 68.8 Å². The molecule has 0 atom stereocenters. The lowest BCUT2D eigenvalue weighted by molar-refractivity contribution is 0.529. The van der Waals surface area contributed by atoms with Gasteiger partial charge in [-0.05, 0) is 61.8 Å². The standard InChI is InChI=1S/C22H23BrN4O3S/c1-13(2)26-11-18(15(4)24-26)20-10-17-19(23)12-25(5)22(28)21(17)27(20)31(29,30)16-8-6-14(3)7-9-16/h6-13H,1-5H3. The largest absolute Gasteiger partial charge is 0.316 e. The summed E-state index contributed by atoms with van der Waals surface area (Å²) in [6.45, 7) is 7.73. The Morgan fingerprint density at radius 1 is 1.06 bits per heavy atom. The smallest absolute Gasteiger partial charge is 0.275 e. The Labute approximate surface area is 189 Å². The normalized spacial score (nSPS) is 12.2. The second kappa shape index (κ2) is 7.49. The summed E-state index contributed by atoms with van der Waals surface area (Å²) in [7, 11) is -2.45. The van der Waals surface area contributed by atoms with Gasteiger partial charge in [-0.1, -0.05) is 17.7 Å². The Morgan fingerprint density at radius 3 is 2.29 bits per heavy atom. The summed E-state index contributed by atoms with van der Waals surface area (Å²) in [5.74, 6) is 0. The SMILES string of the molecule is Cc1ccc(S(=O)(=O)n2c(-c3cn(C(C)C)nc3C)cc3c(Br)cn(C)c(=O)c32)cc1. The predicted molar refractivity (Wildman–Crippen MR) is 125 cm³/mol. The number of aryl methyl sites for hydroxylation is 3. The average molecular weight is 503 g/mol. The molecule has 3 heterocycles. The molecular formula is C22H23BrN4O3S. The first-order valence-electron chi connectivity index (χ1n) is 9.81. The third-order valence-electron chi connectivity index (χ3n) is 5.33. The number of nitrogens with zero attached hydrogens (tertiary/aromatic N) is 4. The highest BCUT2D eigenvalue weighted by Crippen LogP contribution is 2.35. The molecule has 3 aromatic heterocycles. The number of hydrogen-bond acceptors (Lipinski definition) is 4. The van der Waals surface area contributed by atoms with Crippen LogP contribution in [0.3, 0.4) is 0 Å². The maximum atomic E-state index is 13.8. The first-order chi connectivity index (χ1) is 14.5. The number of rotatable bonds is 4. The van der Waals surface area contributed by atoms with Crippen molar-refractivity contribution in [2.75, 3.05) is 0 Å². The van der Waals surface area contributed by atoms with Gasteiger partial charge in [-0.15, -0.1) is 0 Å². The summed E-state index contributed by atoms with van der Waals surface area (Å²) in [6, 6.07) is 8.46. The fourth-order valence-corrected chi connectivity index (χ4v) is 5.72. The molecule has 0 aliphatic carbocycles. The molecule has 31 heavy (non-hydrogen) atoms. The maximum Gasteiger partial charge on any atom is 0.275 e. The van der Waals surface area contributed by atoms with Crippen LogP contribution in [0.5, 0.6) is 0 Å². The lowest BCUT2D eigenvalue weighted by Gasteiger charge is -2.12. The Morgan fingerprint density at radius 2 is 1.71 bits per heavy atom. The van der Waals surface area contributed by atoms with E-state index >= 15 is 0 Å². The highest BCUT2D eigenvalue weighted by molar-refractivity contribution is 9.10. The van der Waals surface area contributed by atoms with Gasteiger partial charge < -0.3 is 4.57 Å². The summed E-state index contributed by atoms with van der Waals surface area (Å²) < 4.78 is 32.6. The molecule has 0 unspecified atom stereocenters. The van der Waals surface area contributed by atoms with E-state index < -0.39 is 15.6 Å². The molecule has 0 radical (unpaired) electrons. The zero-order valence-corrected chi connectivity index (χ0v) is 20.3. The van der Waals surface area contributed by atoms with Crippen LogP contribution in [0.25, 0.3) is 22.2 Å². The van der Waals surface area contributed by atoms with Crippen molar-refractivity contribution >= 4 is 36.9 Å². The zero-order valence-electron chi connectivity index (χ0n) is 17.9. The second-order valence-electron chi connectivity index (χ2n) is 7.97. The second-order valence-corrected chi connectivity index (χ2v) is 10.6. The summed E-state index contributed by atoms with van der Waals surface area (Å²) >= 11 is 3.49. The van der Waals surface area contributed by atoms with Gasteiger partial charge in [0, 0.05) is 40.9 Å². The van der Waals surface area contributed by atoms with Gasteiger partial charge in [0.2, 0.25) is 0 Å². The molecule has 0 amide bonds. The van der Waals surface area contributed by atoms with Crippen LogP contribution in [-0.4, -0.2) is 26.7 Å². The third kappa shape index (κ3) is 3.45. The average Bonchev–Trinajstić information content (AvgIpc) is 3.28. The van der Waals surface area contributed by atoms with Gasteiger partial charge in [0.1, 0.15) is 5.52 Å². The van der Waals surface area contributed by atoms with E-state index in [2.05, 4.69) is 21.0 Å². The van der Waals surface area contributed by atoms with Gasteiger partial charge in [0.05, 0.1) is 16.3 Å². The van der Waals surface area contributed by atoms with Crippen LogP contribution in [0.2, 0.25) is 0 Å². The van der Waals surface area contributed by atoms with Crippen molar-refractivity contribution in [1.29, 1.82) is 0 Å². The summed E-state index contributed by atoms with van der Waals surface area (Å²) in [6.07, 6.45) is 3.47. The number of aromatic nitrogens is 4.